The van der Waals surface area contributed by atoms with Crippen LogP contribution in [-0.4, -0.2) is 41.2 Å². The van der Waals surface area contributed by atoms with Crippen molar-refractivity contribution in [2.75, 3.05) is 18.6 Å². The largest absolute Gasteiger partial charge is 0.370 e. The van der Waals surface area contributed by atoms with E-state index in [-0.39, 0.29) is 0 Å². The third-order valence-electron chi connectivity index (χ3n) is 4.99. The highest BCUT2D eigenvalue weighted by Gasteiger charge is 2.18. The fraction of sp³-hybridized carbons (Fsp3) is 0.167. The molecule has 1 N–H and O–H groups in total. The number of amidine groups is 1. The minimum absolute atomic E-state index is 0.441. The molecule has 0 saturated carbocycles. The van der Waals surface area contributed by atoms with E-state index in [0.29, 0.717) is 34.4 Å². The van der Waals surface area contributed by atoms with E-state index in [1.807, 2.05) is 57.6 Å². The molecule has 7 nitrogen and oxygen atoms in total. The van der Waals surface area contributed by atoms with Gasteiger partial charge in [0.1, 0.15) is 17.2 Å². The van der Waals surface area contributed by atoms with Crippen LogP contribution >= 0.6 is 11.6 Å². The second-order valence-electron chi connectivity index (χ2n) is 7.30. The summed E-state index contributed by atoms with van der Waals surface area (Å²) in [6.07, 6.45) is 6.48. The predicted octanol–water partition coefficient (Wildman–Crippen LogP) is 4.21. The molecular weight excluding hydrogens is 424 g/mol. The molecule has 0 fully saturated rings. The topological polar surface area (TPSA) is 74.9 Å². The Morgan fingerprint density at radius 1 is 1.22 bits per heavy atom. The van der Waals surface area contributed by atoms with E-state index in [9.17, 15) is 4.79 Å². The van der Waals surface area contributed by atoms with Gasteiger partial charge in [0, 0.05) is 42.8 Å². The zero-order valence-corrected chi connectivity index (χ0v) is 18.8. The normalized spacial score (nSPS) is 16.2. The Kier molecular flexibility index (Phi) is 6.18. The number of aromatic nitrogens is 2. The Morgan fingerprint density at radius 2 is 2.00 bits per heavy atom. The van der Waals surface area contributed by atoms with E-state index < -0.39 is 0 Å². The van der Waals surface area contributed by atoms with E-state index in [2.05, 4.69) is 15.4 Å². The maximum absolute atomic E-state index is 12.1. The molecule has 0 saturated heterocycles. The molecule has 0 bridgehead atoms. The highest BCUT2D eigenvalue weighted by atomic mass is 35.5. The number of hydrazone groups is 1. The van der Waals surface area contributed by atoms with Crippen molar-refractivity contribution in [2.24, 2.45) is 17.1 Å². The Balaban J connectivity index is 1.78. The fourth-order valence-electron chi connectivity index (χ4n) is 3.46. The number of hydrogen-bond donors (Lipinski definition) is 1. The summed E-state index contributed by atoms with van der Waals surface area (Å²) in [5, 5.41) is 15.8. The van der Waals surface area contributed by atoms with Crippen molar-refractivity contribution in [1.82, 2.24) is 15.1 Å². The number of carbonyl (C=O) groups is 1. The molecule has 1 aliphatic rings. The SMILES string of the molecule is CCNC1=NC(=C(/C=O)c2ccc(Cl)cc2)/C(=N\N(C)c2ccc3nn(C)cc3c2)C=C1. The zero-order chi connectivity index (χ0) is 22.7. The number of hydrogen-bond acceptors (Lipinski definition) is 6. The summed E-state index contributed by atoms with van der Waals surface area (Å²) in [7, 11) is 3.76. The fourth-order valence-corrected chi connectivity index (χ4v) is 3.58. The second kappa shape index (κ2) is 9.20. The molecule has 0 aliphatic carbocycles. The van der Waals surface area contributed by atoms with E-state index in [1.165, 1.54) is 0 Å². The van der Waals surface area contributed by atoms with Gasteiger partial charge in [-0.2, -0.15) is 10.2 Å². The number of nitrogens with zero attached hydrogens (tertiary/aromatic N) is 5. The molecule has 2 heterocycles. The maximum Gasteiger partial charge on any atom is 0.152 e. The van der Waals surface area contributed by atoms with Crippen LogP contribution in [0.3, 0.4) is 0 Å². The van der Waals surface area contributed by atoms with Gasteiger partial charge in [-0.15, -0.1) is 0 Å². The number of nitrogens with one attached hydrogen (secondary N) is 1. The van der Waals surface area contributed by atoms with Gasteiger partial charge in [0.25, 0.3) is 0 Å². The summed E-state index contributed by atoms with van der Waals surface area (Å²) in [4.78, 5) is 16.8. The summed E-state index contributed by atoms with van der Waals surface area (Å²) in [6, 6.07) is 13.1. The van der Waals surface area contributed by atoms with Crippen LogP contribution in [-0.2, 0) is 11.8 Å². The van der Waals surface area contributed by atoms with E-state index in [4.69, 9.17) is 16.7 Å². The lowest BCUT2D eigenvalue weighted by molar-refractivity contribution is -0.103. The van der Waals surface area contributed by atoms with E-state index >= 15 is 0 Å². The van der Waals surface area contributed by atoms with Crippen LogP contribution in [0.1, 0.15) is 12.5 Å². The number of aryl methyl sites for hydroxylation is 1. The number of fused-ring (bicyclic) bond motifs is 1. The molecular formula is C24H23ClN6O. The van der Waals surface area contributed by atoms with Crippen molar-refractivity contribution in [3.63, 3.8) is 0 Å². The average Bonchev–Trinajstić information content (AvgIpc) is 3.16. The molecule has 0 amide bonds. The summed E-state index contributed by atoms with van der Waals surface area (Å²) in [6.45, 7) is 2.71. The van der Waals surface area contributed by atoms with Crippen molar-refractivity contribution in [2.45, 2.75) is 6.92 Å². The number of halogens is 1. The number of aliphatic imine (C=N–C) groups is 1. The summed E-state index contributed by atoms with van der Waals surface area (Å²) < 4.78 is 1.78. The molecule has 1 aromatic heterocycles. The third kappa shape index (κ3) is 4.48. The average molecular weight is 447 g/mol. The molecule has 32 heavy (non-hydrogen) atoms. The number of anilines is 1. The summed E-state index contributed by atoms with van der Waals surface area (Å²) in [5.74, 6) is 0.675. The quantitative estimate of drug-likeness (QED) is 0.362. The van der Waals surface area contributed by atoms with Crippen LogP contribution in [0.2, 0.25) is 5.02 Å². The molecule has 4 rings (SSSR count). The number of aldehydes is 1. The number of likely N-dealkylation sites (N-methyl/N-ethyl adjacent to an activating group) is 1. The first kappa shape index (κ1) is 21.5. The van der Waals surface area contributed by atoms with Crippen LogP contribution in [0.15, 0.2) is 76.6 Å². The first-order chi connectivity index (χ1) is 15.5. The van der Waals surface area contributed by atoms with Crippen molar-refractivity contribution in [1.29, 1.82) is 0 Å². The number of carbonyl (C=O) groups excluding carboxylic acids is 1. The molecule has 162 valence electrons. The van der Waals surface area contributed by atoms with Crippen LogP contribution in [0, 0.1) is 0 Å². The van der Waals surface area contributed by atoms with Crippen molar-refractivity contribution in [3.8, 4) is 0 Å². The highest BCUT2D eigenvalue weighted by Crippen LogP contribution is 2.25. The highest BCUT2D eigenvalue weighted by molar-refractivity contribution is 6.31. The van der Waals surface area contributed by atoms with Crippen molar-refractivity contribution < 1.29 is 4.79 Å². The monoisotopic (exact) mass is 446 g/mol. The molecule has 8 heteroatoms. The smallest absolute Gasteiger partial charge is 0.152 e. The second-order valence-corrected chi connectivity index (χ2v) is 7.74. The molecule has 0 unspecified atom stereocenters. The molecule has 0 atom stereocenters. The number of rotatable bonds is 5. The van der Waals surface area contributed by atoms with Crippen LogP contribution in [0.25, 0.3) is 16.5 Å². The molecule has 0 spiro atoms. The Hall–Kier alpha value is -3.71. The number of benzene rings is 2. The minimum atomic E-state index is 0.441. The first-order valence-corrected chi connectivity index (χ1v) is 10.6. The van der Waals surface area contributed by atoms with Crippen LogP contribution in [0.5, 0.6) is 0 Å². The van der Waals surface area contributed by atoms with Gasteiger partial charge < -0.3 is 5.32 Å². The Labute approximate surface area is 191 Å². The van der Waals surface area contributed by atoms with Gasteiger partial charge in [-0.25, -0.2) is 4.99 Å². The lowest BCUT2D eigenvalue weighted by Gasteiger charge is -2.19. The van der Waals surface area contributed by atoms with Crippen molar-refractivity contribution >= 4 is 51.6 Å². The lowest BCUT2D eigenvalue weighted by Crippen LogP contribution is -2.25. The van der Waals surface area contributed by atoms with Gasteiger partial charge >= 0.3 is 0 Å². The first-order valence-electron chi connectivity index (χ1n) is 10.2. The Morgan fingerprint density at radius 3 is 2.72 bits per heavy atom. The van der Waals surface area contributed by atoms with Gasteiger partial charge in [0.05, 0.1) is 11.2 Å². The van der Waals surface area contributed by atoms with Crippen molar-refractivity contribution in [3.05, 3.63) is 77.1 Å². The summed E-state index contributed by atoms with van der Waals surface area (Å²) >= 11 is 6.03. The van der Waals surface area contributed by atoms with Crippen LogP contribution < -0.4 is 10.3 Å². The maximum atomic E-state index is 12.1. The lowest BCUT2D eigenvalue weighted by atomic mass is 10.0. The molecule has 1 aliphatic heterocycles. The number of dihydropyridines is 1. The third-order valence-corrected chi connectivity index (χ3v) is 5.25. The minimum Gasteiger partial charge on any atom is -0.370 e. The van der Waals surface area contributed by atoms with Gasteiger partial charge in [-0.05, 0) is 55.0 Å². The number of allylic oxidation sites excluding steroid dienone is 2. The zero-order valence-electron chi connectivity index (χ0n) is 18.1. The van der Waals surface area contributed by atoms with Gasteiger partial charge in [-0.1, -0.05) is 23.7 Å². The van der Waals surface area contributed by atoms with Crippen LogP contribution in [0.4, 0.5) is 5.69 Å². The standard InChI is InChI=1S/C24H23ClN6O/c1-4-26-23-12-11-22(24(27-23)20(15-32)16-5-7-18(25)8-6-16)29-31(3)19-9-10-21-17(13-19)14-30(2)28-21/h5-15H,4H2,1-3H3,(H,26,27)/b24-20-,29-22-. The van der Waals surface area contributed by atoms with Gasteiger partial charge in [0.2, 0.25) is 0 Å². The predicted molar refractivity (Wildman–Crippen MR) is 131 cm³/mol. The van der Waals surface area contributed by atoms with Gasteiger partial charge in [0.15, 0.2) is 6.29 Å². The Bertz CT molecular complexity index is 1280. The molecule has 3 aromatic rings. The van der Waals surface area contributed by atoms with E-state index in [0.717, 1.165) is 28.4 Å². The summed E-state index contributed by atoms with van der Waals surface area (Å²) in [5.41, 5.74) is 4.05. The molecule has 0 radical (unpaired) electrons. The molecule has 2 aromatic carbocycles. The van der Waals surface area contributed by atoms with E-state index in [1.54, 1.807) is 34.0 Å². The van der Waals surface area contributed by atoms with Gasteiger partial charge in [-0.3, -0.25) is 14.5 Å².